The summed E-state index contributed by atoms with van der Waals surface area (Å²) in [4.78, 5) is 27.4. The quantitative estimate of drug-likeness (QED) is 0.399. The van der Waals surface area contributed by atoms with E-state index in [1.807, 2.05) is 81.4 Å². The van der Waals surface area contributed by atoms with Crippen LogP contribution < -0.4 is 14.8 Å². The van der Waals surface area contributed by atoms with Crippen molar-refractivity contribution in [3.8, 4) is 11.5 Å². The van der Waals surface area contributed by atoms with Crippen molar-refractivity contribution in [2.45, 2.75) is 51.6 Å². The minimum absolute atomic E-state index is 0.0267. The molecular weight excluding hydrogens is 478 g/mol. The van der Waals surface area contributed by atoms with Gasteiger partial charge in [0.25, 0.3) is 0 Å². The van der Waals surface area contributed by atoms with Gasteiger partial charge in [0.05, 0.1) is 25.9 Å². The van der Waals surface area contributed by atoms with Gasteiger partial charge in [0.2, 0.25) is 0 Å². The Labute approximate surface area is 223 Å². The molecule has 5 rings (SSSR count). The predicted molar refractivity (Wildman–Crippen MR) is 147 cm³/mol. The third kappa shape index (κ3) is 4.55. The fourth-order valence-electron chi connectivity index (χ4n) is 5.74. The second-order valence-electron chi connectivity index (χ2n) is 10.2. The van der Waals surface area contributed by atoms with Crippen LogP contribution in [0.4, 0.5) is 0 Å². The van der Waals surface area contributed by atoms with Crippen molar-refractivity contribution in [1.29, 1.82) is 0 Å². The summed E-state index contributed by atoms with van der Waals surface area (Å²) < 4.78 is 16.6. The van der Waals surface area contributed by atoms with E-state index in [0.29, 0.717) is 41.2 Å². The highest BCUT2D eigenvalue weighted by Gasteiger charge is 2.42. The Morgan fingerprint density at radius 1 is 0.947 bits per heavy atom. The average Bonchev–Trinajstić information content (AvgIpc) is 2.90. The number of nitrogens with one attached hydrogen (secondary N) is 1. The molecule has 0 unspecified atom stereocenters. The number of Topliss-reactive ketones (excluding diaryl/α,β-unsaturated/α-hetero) is 1. The first kappa shape index (κ1) is 25.6. The summed E-state index contributed by atoms with van der Waals surface area (Å²) >= 11 is 0. The number of hydrogen-bond acceptors (Lipinski definition) is 6. The number of benzene rings is 3. The zero-order valence-electron chi connectivity index (χ0n) is 22.5. The molecule has 1 N–H and O–H groups in total. The third-order valence-corrected chi connectivity index (χ3v) is 7.40. The van der Waals surface area contributed by atoms with Crippen LogP contribution in [-0.4, -0.2) is 32.1 Å². The van der Waals surface area contributed by atoms with Crippen LogP contribution in [0.2, 0.25) is 0 Å². The molecule has 0 saturated heterocycles. The summed E-state index contributed by atoms with van der Waals surface area (Å²) in [6.07, 6.45) is 0.702. The number of dihydropyridines is 1. The Balaban J connectivity index is 1.63. The highest BCUT2D eigenvalue weighted by Crippen LogP contribution is 2.47. The number of ketones is 1. The summed E-state index contributed by atoms with van der Waals surface area (Å²) in [5.74, 6) is 0.374. The van der Waals surface area contributed by atoms with Gasteiger partial charge in [-0.05, 0) is 67.1 Å². The van der Waals surface area contributed by atoms with E-state index >= 15 is 0 Å². The van der Waals surface area contributed by atoms with Gasteiger partial charge >= 0.3 is 5.97 Å². The number of ether oxygens (including phenoxy) is 3. The van der Waals surface area contributed by atoms with Gasteiger partial charge in [-0.1, -0.05) is 48.5 Å². The zero-order chi connectivity index (χ0) is 27.0. The smallest absolute Gasteiger partial charge is 0.337 e. The lowest BCUT2D eigenvalue weighted by molar-refractivity contribution is -0.143. The number of hydrogen-bond donors (Lipinski definition) is 1. The molecule has 0 aromatic heterocycles. The van der Waals surface area contributed by atoms with E-state index in [-0.39, 0.29) is 17.8 Å². The average molecular weight is 512 g/mol. The van der Waals surface area contributed by atoms with Crippen LogP contribution in [-0.2, 0) is 14.3 Å². The molecular formula is C32H33NO5. The topological polar surface area (TPSA) is 73.9 Å². The molecule has 0 saturated carbocycles. The zero-order valence-corrected chi connectivity index (χ0v) is 22.5. The van der Waals surface area contributed by atoms with E-state index in [9.17, 15) is 9.59 Å². The largest absolute Gasteiger partial charge is 0.493 e. The van der Waals surface area contributed by atoms with E-state index in [4.69, 9.17) is 14.2 Å². The van der Waals surface area contributed by atoms with Gasteiger partial charge in [0.15, 0.2) is 17.3 Å². The first-order valence-corrected chi connectivity index (χ1v) is 13.0. The van der Waals surface area contributed by atoms with E-state index in [1.54, 1.807) is 14.2 Å². The van der Waals surface area contributed by atoms with E-state index in [1.165, 1.54) is 0 Å². The number of allylic oxidation sites excluding steroid dienone is 3. The lowest BCUT2D eigenvalue weighted by atomic mass is 9.71. The SMILES string of the molecule is COc1ccc([C@H]2CC(=O)C3=C(C2)NC(C)=C(C(=O)OC(C)C)[C@@H]3c2cccc3ccccc23)cc1OC. The second-order valence-corrected chi connectivity index (χ2v) is 10.2. The molecule has 6 heteroatoms. The number of carbonyl (C=O) groups is 2. The van der Waals surface area contributed by atoms with Crippen LogP contribution in [0.25, 0.3) is 10.8 Å². The molecule has 0 radical (unpaired) electrons. The van der Waals surface area contributed by atoms with Gasteiger partial charge in [0.1, 0.15) is 0 Å². The van der Waals surface area contributed by atoms with Gasteiger partial charge in [-0.15, -0.1) is 0 Å². The maximum absolute atomic E-state index is 14.0. The standard InChI is InChI=1S/C32H33NO5/c1-18(2)38-32(35)29-19(3)33-25-15-22(21-13-14-27(36-4)28(17-21)37-5)16-26(34)31(25)30(29)24-12-8-10-20-9-6-7-11-23(20)24/h6-14,17-18,22,30,33H,15-16H2,1-5H3/t22-,30+/m1/s1. The molecule has 3 aromatic rings. The molecule has 1 aliphatic heterocycles. The van der Waals surface area contributed by atoms with E-state index < -0.39 is 11.9 Å². The summed E-state index contributed by atoms with van der Waals surface area (Å²) in [7, 11) is 3.22. The van der Waals surface area contributed by atoms with Crippen molar-refractivity contribution in [1.82, 2.24) is 5.32 Å². The molecule has 38 heavy (non-hydrogen) atoms. The highest BCUT2D eigenvalue weighted by atomic mass is 16.5. The molecule has 0 amide bonds. The van der Waals surface area contributed by atoms with Gasteiger partial charge < -0.3 is 19.5 Å². The second kappa shape index (κ2) is 10.4. The summed E-state index contributed by atoms with van der Waals surface area (Å²) in [5.41, 5.74) is 4.67. The summed E-state index contributed by atoms with van der Waals surface area (Å²) in [5, 5.41) is 5.51. The number of rotatable bonds is 6. The number of carbonyl (C=O) groups excluding carboxylic acids is 2. The Bertz CT molecular complexity index is 1480. The Morgan fingerprint density at radius 2 is 1.68 bits per heavy atom. The lowest BCUT2D eigenvalue weighted by Crippen LogP contribution is -2.36. The van der Waals surface area contributed by atoms with Crippen molar-refractivity contribution in [2.24, 2.45) is 0 Å². The molecule has 3 aromatic carbocycles. The molecule has 1 aliphatic carbocycles. The van der Waals surface area contributed by atoms with E-state index in [2.05, 4.69) is 5.32 Å². The van der Waals surface area contributed by atoms with E-state index in [0.717, 1.165) is 27.6 Å². The summed E-state index contributed by atoms with van der Waals surface area (Å²) in [6.45, 7) is 5.56. The fraction of sp³-hybridized carbons (Fsp3) is 0.312. The van der Waals surface area contributed by atoms with Crippen LogP contribution in [0.1, 0.15) is 56.6 Å². The monoisotopic (exact) mass is 511 g/mol. The number of esters is 1. The van der Waals surface area contributed by atoms with Crippen molar-refractivity contribution < 1.29 is 23.8 Å². The van der Waals surface area contributed by atoms with Crippen molar-refractivity contribution in [3.63, 3.8) is 0 Å². The van der Waals surface area contributed by atoms with Crippen molar-refractivity contribution in [3.05, 3.63) is 94.3 Å². The van der Waals surface area contributed by atoms with Crippen LogP contribution in [0.3, 0.4) is 0 Å². The molecule has 6 nitrogen and oxygen atoms in total. The number of methoxy groups -OCH3 is 2. The third-order valence-electron chi connectivity index (χ3n) is 7.40. The van der Waals surface area contributed by atoms with Gasteiger partial charge in [-0.3, -0.25) is 4.79 Å². The Kier molecular flexibility index (Phi) is 6.98. The first-order valence-electron chi connectivity index (χ1n) is 13.0. The maximum atomic E-state index is 14.0. The first-order chi connectivity index (χ1) is 18.3. The highest BCUT2D eigenvalue weighted by molar-refractivity contribution is 6.05. The molecule has 0 bridgehead atoms. The molecule has 2 atom stereocenters. The normalized spacial score (nSPS) is 19.4. The van der Waals surface area contributed by atoms with Crippen LogP contribution in [0.5, 0.6) is 11.5 Å². The minimum atomic E-state index is -0.512. The molecule has 2 aliphatic rings. The van der Waals surface area contributed by atoms with Crippen molar-refractivity contribution >= 4 is 22.5 Å². The Hall–Kier alpha value is -4.06. The van der Waals surface area contributed by atoms with Gasteiger partial charge in [0, 0.05) is 29.3 Å². The van der Waals surface area contributed by atoms with Gasteiger partial charge in [-0.25, -0.2) is 4.79 Å². The Morgan fingerprint density at radius 3 is 2.42 bits per heavy atom. The lowest BCUT2D eigenvalue weighted by Gasteiger charge is -2.37. The predicted octanol–water partition coefficient (Wildman–Crippen LogP) is 6.17. The fourth-order valence-corrected chi connectivity index (χ4v) is 5.74. The van der Waals surface area contributed by atoms with Crippen LogP contribution >= 0.6 is 0 Å². The molecule has 196 valence electrons. The van der Waals surface area contributed by atoms with Crippen molar-refractivity contribution in [2.75, 3.05) is 14.2 Å². The molecule has 0 spiro atoms. The van der Waals surface area contributed by atoms with Gasteiger partial charge in [-0.2, -0.15) is 0 Å². The van der Waals surface area contributed by atoms with Crippen LogP contribution in [0, 0.1) is 0 Å². The maximum Gasteiger partial charge on any atom is 0.337 e. The van der Waals surface area contributed by atoms with Crippen LogP contribution in [0.15, 0.2) is 83.2 Å². The number of fused-ring (bicyclic) bond motifs is 1. The summed E-state index contributed by atoms with van der Waals surface area (Å²) in [6, 6.07) is 19.9. The minimum Gasteiger partial charge on any atom is -0.493 e. The molecule has 1 heterocycles. The molecule has 0 fully saturated rings.